The maximum absolute atomic E-state index is 2.87. The lowest BCUT2D eigenvalue weighted by Gasteiger charge is -2.43. The highest BCUT2D eigenvalue weighted by Gasteiger charge is 2.30. The third-order valence-corrected chi connectivity index (χ3v) is 5.42. The largest absolute Gasteiger partial charge is 0.305 e. The molecule has 22 heavy (non-hydrogen) atoms. The average Bonchev–Trinajstić information content (AvgIpc) is 2.53. The van der Waals surface area contributed by atoms with Crippen molar-refractivity contribution >= 4 is 0 Å². The molecule has 0 aromatic heterocycles. The van der Waals surface area contributed by atoms with Crippen LogP contribution in [0.2, 0.25) is 0 Å². The molecule has 0 spiro atoms. The Morgan fingerprint density at radius 2 is 1.18 bits per heavy atom. The van der Waals surface area contributed by atoms with E-state index in [1.165, 1.54) is 90.1 Å². The minimum Gasteiger partial charge on any atom is -0.305 e. The molecule has 1 aliphatic rings. The van der Waals surface area contributed by atoms with Crippen molar-refractivity contribution in [1.29, 1.82) is 0 Å². The lowest BCUT2D eigenvalue weighted by atomic mass is 9.88. The van der Waals surface area contributed by atoms with Crippen molar-refractivity contribution in [2.75, 3.05) is 27.2 Å². The van der Waals surface area contributed by atoms with Gasteiger partial charge in [0.15, 0.2) is 0 Å². The van der Waals surface area contributed by atoms with E-state index in [4.69, 9.17) is 0 Å². The first kappa shape index (κ1) is 20.0. The van der Waals surface area contributed by atoms with Gasteiger partial charge in [-0.15, -0.1) is 0 Å². The molecule has 1 fully saturated rings. The zero-order chi connectivity index (χ0) is 16.2. The Morgan fingerprint density at radius 3 is 1.64 bits per heavy atom. The Bertz CT molecular complexity index is 240. The maximum Gasteiger partial charge on any atom is 0.0251 e. The highest BCUT2D eigenvalue weighted by molar-refractivity contribution is 4.88. The maximum atomic E-state index is 2.87. The van der Waals surface area contributed by atoms with E-state index in [9.17, 15) is 0 Å². The Balaban J connectivity index is 2.52. The minimum absolute atomic E-state index is 0.783. The van der Waals surface area contributed by atoms with Gasteiger partial charge in [-0.1, -0.05) is 65.2 Å². The van der Waals surface area contributed by atoms with Crippen LogP contribution in [0.25, 0.3) is 0 Å². The first-order valence-electron chi connectivity index (χ1n) is 10.1. The Kier molecular flexibility index (Phi) is 11.2. The second-order valence-electron chi connectivity index (χ2n) is 7.54. The summed E-state index contributed by atoms with van der Waals surface area (Å²) in [5, 5.41) is 0. The van der Waals surface area contributed by atoms with Crippen LogP contribution in [-0.2, 0) is 0 Å². The number of hydrogen-bond acceptors (Lipinski definition) is 2. The number of rotatable bonds is 12. The van der Waals surface area contributed by atoms with Crippen molar-refractivity contribution in [2.24, 2.45) is 0 Å². The summed E-state index contributed by atoms with van der Waals surface area (Å²) in [7, 11) is 4.57. The molecule has 1 rings (SSSR count). The average molecular weight is 311 g/mol. The van der Waals surface area contributed by atoms with Gasteiger partial charge in [-0.05, 0) is 52.9 Å². The molecule has 2 nitrogen and oxygen atoms in total. The second-order valence-corrected chi connectivity index (χ2v) is 7.54. The lowest BCUT2D eigenvalue weighted by Crippen LogP contribution is -2.51. The summed E-state index contributed by atoms with van der Waals surface area (Å²) in [6, 6.07) is 1.60. The van der Waals surface area contributed by atoms with Crippen molar-refractivity contribution in [3.63, 3.8) is 0 Å². The number of unbranched alkanes of at least 4 members (excludes halogenated alkanes) is 6. The van der Waals surface area contributed by atoms with Crippen molar-refractivity contribution in [1.82, 2.24) is 9.80 Å². The Morgan fingerprint density at radius 1 is 0.682 bits per heavy atom. The van der Waals surface area contributed by atoms with Crippen LogP contribution in [0.4, 0.5) is 0 Å². The van der Waals surface area contributed by atoms with E-state index < -0.39 is 0 Å². The highest BCUT2D eigenvalue weighted by Crippen LogP contribution is 2.27. The molecular weight excluding hydrogens is 268 g/mol. The van der Waals surface area contributed by atoms with Crippen LogP contribution in [0.15, 0.2) is 0 Å². The Labute approximate surface area is 140 Å². The fraction of sp³-hybridized carbons (Fsp3) is 1.00. The SMILES string of the molecule is CCCCCCN(CCCCCC)C1CCCCC1N(C)C. The van der Waals surface area contributed by atoms with E-state index in [0.717, 1.165) is 12.1 Å². The quantitative estimate of drug-likeness (QED) is 0.450. The van der Waals surface area contributed by atoms with Gasteiger partial charge in [-0.2, -0.15) is 0 Å². The van der Waals surface area contributed by atoms with Crippen molar-refractivity contribution in [2.45, 2.75) is 103 Å². The molecule has 2 atom stereocenters. The van der Waals surface area contributed by atoms with Gasteiger partial charge in [0, 0.05) is 12.1 Å². The first-order valence-corrected chi connectivity index (χ1v) is 10.1. The van der Waals surface area contributed by atoms with Gasteiger partial charge in [0.05, 0.1) is 0 Å². The van der Waals surface area contributed by atoms with Crippen LogP contribution in [0, 0.1) is 0 Å². The summed E-state index contributed by atoms with van der Waals surface area (Å²) in [6.07, 6.45) is 16.8. The second kappa shape index (κ2) is 12.4. The summed E-state index contributed by atoms with van der Waals surface area (Å²) in [6.45, 7) is 7.29. The van der Waals surface area contributed by atoms with Gasteiger partial charge < -0.3 is 4.90 Å². The summed E-state index contributed by atoms with van der Waals surface area (Å²) >= 11 is 0. The molecule has 2 heteroatoms. The first-order chi connectivity index (χ1) is 10.7. The molecule has 0 amide bonds. The highest BCUT2D eigenvalue weighted by atomic mass is 15.2. The van der Waals surface area contributed by atoms with E-state index >= 15 is 0 Å². The van der Waals surface area contributed by atoms with E-state index in [-0.39, 0.29) is 0 Å². The molecule has 1 aliphatic carbocycles. The summed E-state index contributed by atoms with van der Waals surface area (Å²) in [5.74, 6) is 0. The Hall–Kier alpha value is -0.0800. The molecule has 0 radical (unpaired) electrons. The van der Waals surface area contributed by atoms with Crippen LogP contribution in [0.5, 0.6) is 0 Å². The van der Waals surface area contributed by atoms with Gasteiger partial charge >= 0.3 is 0 Å². The standard InChI is InChI=1S/C20H42N2/c1-5-7-9-13-17-22(18-14-10-8-6-2)20-16-12-11-15-19(20)21(3)4/h19-20H,5-18H2,1-4H3. The van der Waals surface area contributed by atoms with Crippen LogP contribution in [-0.4, -0.2) is 49.1 Å². The molecule has 132 valence electrons. The van der Waals surface area contributed by atoms with Crippen molar-refractivity contribution in [3.05, 3.63) is 0 Å². The van der Waals surface area contributed by atoms with E-state index in [1.54, 1.807) is 0 Å². The summed E-state index contributed by atoms with van der Waals surface area (Å²) < 4.78 is 0. The molecule has 0 heterocycles. The number of likely N-dealkylation sites (N-methyl/N-ethyl adjacent to an activating group) is 1. The van der Waals surface area contributed by atoms with Crippen molar-refractivity contribution in [3.8, 4) is 0 Å². The zero-order valence-electron chi connectivity index (χ0n) is 15.9. The van der Waals surface area contributed by atoms with Gasteiger partial charge in [-0.25, -0.2) is 0 Å². The lowest BCUT2D eigenvalue weighted by molar-refractivity contribution is 0.0707. The van der Waals surface area contributed by atoms with Crippen LogP contribution in [0.1, 0.15) is 90.9 Å². The zero-order valence-corrected chi connectivity index (χ0v) is 15.9. The van der Waals surface area contributed by atoms with E-state index in [0.29, 0.717) is 0 Å². The van der Waals surface area contributed by atoms with Gasteiger partial charge in [-0.3, -0.25) is 4.90 Å². The fourth-order valence-electron chi connectivity index (χ4n) is 4.05. The smallest absolute Gasteiger partial charge is 0.0251 e. The topological polar surface area (TPSA) is 6.48 Å². The molecule has 0 bridgehead atoms. The monoisotopic (exact) mass is 310 g/mol. The fourth-order valence-corrected chi connectivity index (χ4v) is 4.05. The molecular formula is C20H42N2. The van der Waals surface area contributed by atoms with Gasteiger partial charge in [0.1, 0.15) is 0 Å². The van der Waals surface area contributed by atoms with Crippen LogP contribution < -0.4 is 0 Å². The van der Waals surface area contributed by atoms with Crippen molar-refractivity contribution < 1.29 is 0 Å². The molecule has 0 aromatic carbocycles. The van der Waals surface area contributed by atoms with Crippen LogP contribution in [0.3, 0.4) is 0 Å². The third kappa shape index (κ3) is 7.46. The van der Waals surface area contributed by atoms with Gasteiger partial charge in [0.25, 0.3) is 0 Å². The van der Waals surface area contributed by atoms with Gasteiger partial charge in [0.2, 0.25) is 0 Å². The van der Waals surface area contributed by atoms with Crippen LogP contribution >= 0.6 is 0 Å². The number of nitrogens with zero attached hydrogens (tertiary/aromatic N) is 2. The molecule has 0 aliphatic heterocycles. The number of hydrogen-bond donors (Lipinski definition) is 0. The van der Waals surface area contributed by atoms with E-state index in [1.807, 2.05) is 0 Å². The van der Waals surface area contributed by atoms with E-state index in [2.05, 4.69) is 37.7 Å². The normalized spacial score (nSPS) is 22.6. The summed E-state index contributed by atoms with van der Waals surface area (Å²) in [4.78, 5) is 5.37. The predicted octanol–water partition coefficient (Wildman–Crippen LogP) is 5.32. The molecule has 1 saturated carbocycles. The minimum atomic E-state index is 0.783. The molecule has 0 N–H and O–H groups in total. The molecule has 2 unspecified atom stereocenters. The summed E-state index contributed by atoms with van der Waals surface area (Å²) in [5.41, 5.74) is 0. The third-order valence-electron chi connectivity index (χ3n) is 5.42. The molecule has 0 aromatic rings. The molecule has 0 saturated heterocycles. The predicted molar refractivity (Wildman–Crippen MR) is 99.6 cm³/mol.